The molecule has 22 heavy (non-hydrogen) atoms. The zero-order valence-corrected chi connectivity index (χ0v) is 14.5. The van der Waals surface area contributed by atoms with Crippen LogP contribution < -0.4 is 0 Å². The van der Waals surface area contributed by atoms with Gasteiger partial charge in [0, 0.05) is 26.2 Å². The highest BCUT2D eigenvalue weighted by molar-refractivity contribution is 6.42. The minimum Gasteiger partial charge on any atom is -0.371 e. The van der Waals surface area contributed by atoms with Crippen molar-refractivity contribution in [1.29, 1.82) is 0 Å². The molecule has 0 N–H and O–H groups in total. The normalized spacial score (nSPS) is 19.2. The zero-order chi connectivity index (χ0) is 16.1. The summed E-state index contributed by atoms with van der Waals surface area (Å²) in [5, 5.41) is 1.06. The summed E-state index contributed by atoms with van der Waals surface area (Å²) in [5.74, 6) is 0.166. The molecule has 4 nitrogen and oxygen atoms in total. The first-order valence-corrected chi connectivity index (χ1v) is 8.37. The molecular formula is C16H22Cl2N2O2. The second-order valence-electron chi connectivity index (χ2n) is 5.33. The molecule has 1 aliphatic heterocycles. The molecule has 0 spiro atoms. The number of amides is 1. The molecule has 0 radical (unpaired) electrons. The summed E-state index contributed by atoms with van der Waals surface area (Å²) in [6.45, 7) is 7.99. The third kappa shape index (κ3) is 4.35. The summed E-state index contributed by atoms with van der Waals surface area (Å²) >= 11 is 12.0. The molecule has 0 aliphatic carbocycles. The van der Waals surface area contributed by atoms with Crippen molar-refractivity contribution in [3.05, 3.63) is 33.8 Å². The molecule has 122 valence electrons. The van der Waals surface area contributed by atoms with Crippen molar-refractivity contribution in [1.82, 2.24) is 9.80 Å². The summed E-state index contributed by atoms with van der Waals surface area (Å²) in [7, 11) is 0. The topological polar surface area (TPSA) is 32.8 Å². The summed E-state index contributed by atoms with van der Waals surface area (Å²) < 4.78 is 5.82. The number of carbonyl (C=O) groups is 1. The van der Waals surface area contributed by atoms with Gasteiger partial charge >= 0.3 is 0 Å². The molecule has 1 aromatic rings. The van der Waals surface area contributed by atoms with Crippen molar-refractivity contribution >= 4 is 29.1 Å². The summed E-state index contributed by atoms with van der Waals surface area (Å²) in [6.07, 6.45) is -0.0759. The average molecular weight is 345 g/mol. The first-order chi connectivity index (χ1) is 10.5. The van der Waals surface area contributed by atoms with E-state index < -0.39 is 0 Å². The van der Waals surface area contributed by atoms with Gasteiger partial charge in [-0.2, -0.15) is 0 Å². The first kappa shape index (κ1) is 17.5. The molecule has 2 rings (SSSR count). The smallest absolute Gasteiger partial charge is 0.236 e. The van der Waals surface area contributed by atoms with E-state index in [0.29, 0.717) is 29.7 Å². The molecule has 1 aromatic carbocycles. The molecule has 1 atom stereocenters. The van der Waals surface area contributed by atoms with Crippen LogP contribution >= 0.6 is 23.2 Å². The molecule has 1 aliphatic rings. The van der Waals surface area contributed by atoms with E-state index in [-0.39, 0.29) is 12.0 Å². The van der Waals surface area contributed by atoms with Crippen molar-refractivity contribution in [2.45, 2.75) is 20.0 Å². The molecule has 0 unspecified atom stereocenters. The largest absolute Gasteiger partial charge is 0.371 e. The van der Waals surface area contributed by atoms with Crippen LogP contribution in [0.4, 0.5) is 0 Å². The predicted octanol–water partition coefficient (Wildman–Crippen LogP) is 3.24. The van der Waals surface area contributed by atoms with E-state index in [2.05, 4.69) is 4.90 Å². The van der Waals surface area contributed by atoms with Gasteiger partial charge in [0.1, 0.15) is 0 Å². The molecule has 0 saturated carbocycles. The Hall–Kier alpha value is -0.810. The highest BCUT2D eigenvalue weighted by atomic mass is 35.5. The second-order valence-corrected chi connectivity index (χ2v) is 6.15. The lowest BCUT2D eigenvalue weighted by Crippen LogP contribution is -2.45. The van der Waals surface area contributed by atoms with E-state index >= 15 is 0 Å². The quantitative estimate of drug-likeness (QED) is 0.821. The zero-order valence-electron chi connectivity index (χ0n) is 13.0. The van der Waals surface area contributed by atoms with E-state index in [0.717, 1.165) is 25.2 Å². The van der Waals surface area contributed by atoms with Crippen LogP contribution in [0.3, 0.4) is 0 Å². The molecule has 1 amide bonds. The minimum atomic E-state index is -0.0759. The van der Waals surface area contributed by atoms with Gasteiger partial charge in [0.25, 0.3) is 0 Å². The van der Waals surface area contributed by atoms with Crippen LogP contribution in [0, 0.1) is 0 Å². The number of rotatable bonds is 5. The number of halogens is 2. The lowest BCUT2D eigenvalue weighted by Gasteiger charge is -2.34. The van der Waals surface area contributed by atoms with Crippen molar-refractivity contribution in [3.8, 4) is 0 Å². The Kier molecular flexibility index (Phi) is 6.50. The van der Waals surface area contributed by atoms with Crippen molar-refractivity contribution in [2.24, 2.45) is 0 Å². The van der Waals surface area contributed by atoms with Crippen molar-refractivity contribution in [2.75, 3.05) is 39.3 Å². The molecular weight excluding hydrogens is 323 g/mol. The van der Waals surface area contributed by atoms with E-state index in [4.69, 9.17) is 27.9 Å². The van der Waals surface area contributed by atoms with Crippen LogP contribution in [0.2, 0.25) is 10.0 Å². The fourth-order valence-corrected chi connectivity index (χ4v) is 2.93. The number of ether oxygens (including phenoxy) is 1. The number of hydrogen-bond acceptors (Lipinski definition) is 3. The van der Waals surface area contributed by atoms with Gasteiger partial charge < -0.3 is 9.64 Å². The average Bonchev–Trinajstić information content (AvgIpc) is 2.51. The summed E-state index contributed by atoms with van der Waals surface area (Å²) in [5.41, 5.74) is 0.995. The number of carbonyl (C=O) groups excluding carboxylic acids is 1. The van der Waals surface area contributed by atoms with Gasteiger partial charge in [0.05, 0.1) is 29.3 Å². The predicted molar refractivity (Wildman–Crippen MR) is 89.5 cm³/mol. The highest BCUT2D eigenvalue weighted by Crippen LogP contribution is 2.29. The monoisotopic (exact) mass is 344 g/mol. The Balaban J connectivity index is 1.99. The van der Waals surface area contributed by atoms with Gasteiger partial charge in [-0.1, -0.05) is 29.3 Å². The molecule has 0 bridgehead atoms. The van der Waals surface area contributed by atoms with Crippen LogP contribution in [0.25, 0.3) is 0 Å². The molecule has 0 aromatic heterocycles. The first-order valence-electron chi connectivity index (χ1n) is 7.61. The Morgan fingerprint density at radius 3 is 2.68 bits per heavy atom. The van der Waals surface area contributed by atoms with Gasteiger partial charge in [-0.25, -0.2) is 0 Å². The third-order valence-electron chi connectivity index (χ3n) is 3.94. The van der Waals surface area contributed by atoms with E-state index in [1.165, 1.54) is 0 Å². The Morgan fingerprint density at radius 2 is 2.05 bits per heavy atom. The Morgan fingerprint density at radius 1 is 1.32 bits per heavy atom. The van der Waals surface area contributed by atoms with Crippen molar-refractivity contribution in [3.63, 3.8) is 0 Å². The van der Waals surface area contributed by atoms with Crippen LogP contribution in [-0.2, 0) is 9.53 Å². The summed E-state index contributed by atoms with van der Waals surface area (Å²) in [4.78, 5) is 16.2. The van der Waals surface area contributed by atoms with E-state index in [1.54, 1.807) is 6.07 Å². The number of benzene rings is 1. The standard InChI is InChI=1S/C16H22Cl2N2O2/c1-3-20(4-2)16(21)11-19-7-8-22-15(10-19)12-5-6-13(17)14(18)9-12/h5-6,9,15H,3-4,7-8,10-11H2,1-2H3/t15-/m0/s1. The molecule has 6 heteroatoms. The molecule has 1 fully saturated rings. The van der Waals surface area contributed by atoms with Gasteiger partial charge in [0.15, 0.2) is 0 Å². The Labute approximate surface area is 141 Å². The maximum Gasteiger partial charge on any atom is 0.236 e. The fraction of sp³-hybridized carbons (Fsp3) is 0.562. The van der Waals surface area contributed by atoms with E-state index in [9.17, 15) is 4.79 Å². The fourth-order valence-electron chi connectivity index (χ4n) is 2.63. The summed E-state index contributed by atoms with van der Waals surface area (Å²) in [6, 6.07) is 5.54. The highest BCUT2D eigenvalue weighted by Gasteiger charge is 2.25. The van der Waals surface area contributed by atoms with Gasteiger partial charge in [-0.15, -0.1) is 0 Å². The SMILES string of the molecule is CCN(CC)C(=O)CN1CCO[C@H](c2ccc(Cl)c(Cl)c2)C1. The number of likely N-dealkylation sites (N-methyl/N-ethyl adjacent to an activating group) is 1. The maximum absolute atomic E-state index is 12.2. The molecule has 1 saturated heterocycles. The van der Waals surface area contributed by atoms with Crippen LogP contribution in [0.1, 0.15) is 25.5 Å². The van der Waals surface area contributed by atoms with E-state index in [1.807, 2.05) is 30.9 Å². The number of morpholine rings is 1. The van der Waals surface area contributed by atoms with Crippen LogP contribution in [0.5, 0.6) is 0 Å². The van der Waals surface area contributed by atoms with Crippen LogP contribution in [-0.4, -0.2) is 55.0 Å². The molecule has 1 heterocycles. The van der Waals surface area contributed by atoms with Gasteiger partial charge in [0.2, 0.25) is 5.91 Å². The second kappa shape index (κ2) is 8.16. The Bertz CT molecular complexity index is 521. The van der Waals surface area contributed by atoms with Crippen molar-refractivity contribution < 1.29 is 9.53 Å². The third-order valence-corrected chi connectivity index (χ3v) is 4.68. The number of hydrogen-bond donors (Lipinski definition) is 0. The van der Waals surface area contributed by atoms with Gasteiger partial charge in [-0.05, 0) is 31.5 Å². The van der Waals surface area contributed by atoms with Crippen LogP contribution in [0.15, 0.2) is 18.2 Å². The lowest BCUT2D eigenvalue weighted by molar-refractivity contribution is -0.134. The number of nitrogens with zero attached hydrogens (tertiary/aromatic N) is 2. The maximum atomic E-state index is 12.2. The minimum absolute atomic E-state index is 0.0759. The van der Waals surface area contributed by atoms with Gasteiger partial charge in [-0.3, -0.25) is 9.69 Å². The lowest BCUT2D eigenvalue weighted by atomic mass is 10.1.